The van der Waals surface area contributed by atoms with E-state index in [0.29, 0.717) is 35.6 Å². The first-order valence-corrected chi connectivity index (χ1v) is 9.98. The van der Waals surface area contributed by atoms with Gasteiger partial charge in [-0.25, -0.2) is 13.2 Å². The number of ether oxygens (including phenoxy) is 1. The highest BCUT2D eigenvalue weighted by molar-refractivity contribution is 6.03. The zero-order valence-corrected chi connectivity index (χ0v) is 15.9. The van der Waals surface area contributed by atoms with Crippen molar-refractivity contribution in [2.24, 2.45) is 11.8 Å². The molecular formula is C23H25F3O. The molecule has 2 aromatic carbocycles. The molecule has 0 N–H and O–H groups in total. The summed E-state index contributed by atoms with van der Waals surface area (Å²) in [4.78, 5) is 0. The molecule has 0 spiro atoms. The Morgan fingerprint density at radius 1 is 0.926 bits per heavy atom. The molecule has 4 rings (SSSR count). The monoisotopic (exact) mass is 374 g/mol. The number of rotatable bonds is 5. The molecule has 1 saturated carbocycles. The van der Waals surface area contributed by atoms with Crippen molar-refractivity contribution in [3.8, 4) is 28.0 Å². The van der Waals surface area contributed by atoms with Crippen molar-refractivity contribution in [3.05, 3.63) is 41.2 Å². The topological polar surface area (TPSA) is 9.23 Å². The van der Waals surface area contributed by atoms with E-state index >= 15 is 0 Å². The van der Waals surface area contributed by atoms with Gasteiger partial charge in [0.1, 0.15) is 0 Å². The van der Waals surface area contributed by atoms with Crippen molar-refractivity contribution in [3.63, 3.8) is 0 Å². The van der Waals surface area contributed by atoms with E-state index in [0.717, 1.165) is 12.3 Å². The van der Waals surface area contributed by atoms with E-state index in [4.69, 9.17) is 4.74 Å². The summed E-state index contributed by atoms with van der Waals surface area (Å²) < 4.78 is 49.2. The summed E-state index contributed by atoms with van der Waals surface area (Å²) in [5.74, 6) is -0.917. The first kappa shape index (κ1) is 18.4. The molecule has 2 aliphatic rings. The van der Waals surface area contributed by atoms with Crippen LogP contribution in [0.4, 0.5) is 13.2 Å². The Morgan fingerprint density at radius 3 is 2.33 bits per heavy atom. The smallest absolute Gasteiger partial charge is 0.173 e. The molecule has 2 aromatic rings. The summed E-state index contributed by atoms with van der Waals surface area (Å²) in [7, 11) is 0. The Labute approximate surface area is 158 Å². The molecule has 1 fully saturated rings. The van der Waals surface area contributed by atoms with E-state index < -0.39 is 17.5 Å². The lowest BCUT2D eigenvalue weighted by atomic mass is 9.77. The molecule has 1 nitrogen and oxygen atoms in total. The maximum Gasteiger partial charge on any atom is 0.173 e. The van der Waals surface area contributed by atoms with Gasteiger partial charge in [0.15, 0.2) is 23.2 Å². The van der Waals surface area contributed by atoms with Crippen LogP contribution in [0.15, 0.2) is 18.2 Å². The fourth-order valence-corrected chi connectivity index (χ4v) is 4.53. The second-order valence-corrected chi connectivity index (χ2v) is 7.98. The van der Waals surface area contributed by atoms with Crippen molar-refractivity contribution in [1.29, 1.82) is 0 Å². The minimum Gasteiger partial charge on any atom is -0.491 e. The Morgan fingerprint density at radius 2 is 1.63 bits per heavy atom. The number of hydrogen-bond acceptors (Lipinski definition) is 1. The predicted octanol–water partition coefficient (Wildman–Crippen LogP) is 6.91. The third-order valence-electron chi connectivity index (χ3n) is 6.19. The van der Waals surface area contributed by atoms with Crippen LogP contribution >= 0.6 is 0 Å². The first-order valence-electron chi connectivity index (χ1n) is 9.98. The number of benzene rings is 2. The second kappa shape index (κ2) is 7.21. The van der Waals surface area contributed by atoms with Gasteiger partial charge in [0, 0.05) is 11.1 Å². The van der Waals surface area contributed by atoms with Crippen molar-refractivity contribution in [2.75, 3.05) is 6.61 Å². The van der Waals surface area contributed by atoms with E-state index in [1.807, 2.05) is 0 Å². The van der Waals surface area contributed by atoms with Crippen molar-refractivity contribution >= 4 is 0 Å². The normalized spacial score (nSPS) is 20.6. The van der Waals surface area contributed by atoms with Crippen LogP contribution in [0.3, 0.4) is 0 Å². The zero-order chi connectivity index (χ0) is 19.1. The van der Waals surface area contributed by atoms with Gasteiger partial charge in [0.2, 0.25) is 0 Å². The van der Waals surface area contributed by atoms with Crippen LogP contribution in [-0.2, 0) is 6.42 Å². The van der Waals surface area contributed by atoms with Gasteiger partial charge < -0.3 is 4.74 Å². The van der Waals surface area contributed by atoms with E-state index in [1.165, 1.54) is 25.7 Å². The maximum atomic E-state index is 14.7. The Hall–Kier alpha value is -1.97. The Balaban J connectivity index is 1.58. The fourth-order valence-electron chi connectivity index (χ4n) is 4.53. The van der Waals surface area contributed by atoms with Gasteiger partial charge in [-0.3, -0.25) is 0 Å². The molecule has 0 bridgehead atoms. The van der Waals surface area contributed by atoms with Crippen LogP contribution in [0.1, 0.15) is 51.5 Å². The van der Waals surface area contributed by atoms with E-state index in [1.54, 1.807) is 25.1 Å². The minimum atomic E-state index is -0.931. The van der Waals surface area contributed by atoms with Crippen LogP contribution in [0.2, 0.25) is 0 Å². The van der Waals surface area contributed by atoms with Gasteiger partial charge in [-0.1, -0.05) is 32.6 Å². The van der Waals surface area contributed by atoms with Gasteiger partial charge in [-0.2, -0.15) is 0 Å². The van der Waals surface area contributed by atoms with E-state index in [-0.39, 0.29) is 16.9 Å². The van der Waals surface area contributed by atoms with Crippen LogP contribution < -0.4 is 4.74 Å². The molecule has 27 heavy (non-hydrogen) atoms. The average molecular weight is 374 g/mol. The summed E-state index contributed by atoms with van der Waals surface area (Å²) in [6.07, 6.45) is 6.20. The standard InChI is InChI=1S/C23H25F3O/c1-3-27-18-11-10-16-17-12-15(9-8-14-6-4-13(2)5-7-14)21(24)23(26)20(17)19(16)22(18)25/h10-14H,3-9H2,1-2H3. The largest absolute Gasteiger partial charge is 0.491 e. The summed E-state index contributed by atoms with van der Waals surface area (Å²) >= 11 is 0. The Kier molecular flexibility index (Phi) is 4.92. The minimum absolute atomic E-state index is 0.0526. The molecule has 0 unspecified atom stereocenters. The lowest BCUT2D eigenvalue weighted by Gasteiger charge is -2.28. The number of halogens is 3. The molecule has 4 heteroatoms. The Bertz CT molecular complexity index is 867. The van der Waals surface area contributed by atoms with Gasteiger partial charge in [0.25, 0.3) is 0 Å². The summed E-state index contributed by atoms with van der Waals surface area (Å²) in [5, 5.41) is 0. The lowest BCUT2D eigenvalue weighted by Crippen LogP contribution is -2.14. The molecule has 0 heterocycles. The highest BCUT2D eigenvalue weighted by atomic mass is 19.2. The molecular weight excluding hydrogens is 349 g/mol. The van der Waals surface area contributed by atoms with Gasteiger partial charge in [0.05, 0.1) is 6.61 Å². The third kappa shape index (κ3) is 3.13. The van der Waals surface area contributed by atoms with Crippen molar-refractivity contribution in [2.45, 2.75) is 52.4 Å². The third-order valence-corrected chi connectivity index (χ3v) is 6.19. The quantitative estimate of drug-likeness (QED) is 0.471. The predicted molar refractivity (Wildman–Crippen MR) is 101 cm³/mol. The van der Waals surface area contributed by atoms with Gasteiger partial charge in [-0.15, -0.1) is 0 Å². The van der Waals surface area contributed by atoms with Crippen LogP contribution in [0.5, 0.6) is 5.75 Å². The molecule has 0 aliphatic heterocycles. The van der Waals surface area contributed by atoms with Gasteiger partial charge >= 0.3 is 0 Å². The molecule has 0 radical (unpaired) electrons. The molecule has 0 aromatic heterocycles. The average Bonchev–Trinajstić information content (AvgIpc) is 2.64. The summed E-state index contributed by atoms with van der Waals surface area (Å²) in [5.41, 5.74) is 1.84. The molecule has 144 valence electrons. The van der Waals surface area contributed by atoms with Crippen LogP contribution in [0, 0.1) is 29.3 Å². The van der Waals surface area contributed by atoms with Crippen LogP contribution in [-0.4, -0.2) is 6.61 Å². The highest BCUT2D eigenvalue weighted by Crippen LogP contribution is 2.52. The van der Waals surface area contributed by atoms with Crippen LogP contribution in [0.25, 0.3) is 22.3 Å². The zero-order valence-electron chi connectivity index (χ0n) is 15.9. The molecule has 2 aliphatic carbocycles. The number of aryl methyl sites for hydroxylation is 1. The first-order chi connectivity index (χ1) is 13.0. The van der Waals surface area contributed by atoms with Crippen molar-refractivity contribution in [1.82, 2.24) is 0 Å². The molecule has 0 amide bonds. The van der Waals surface area contributed by atoms with E-state index in [2.05, 4.69) is 6.92 Å². The molecule has 0 atom stereocenters. The van der Waals surface area contributed by atoms with Gasteiger partial charge in [-0.05, 0) is 66.5 Å². The summed E-state index contributed by atoms with van der Waals surface area (Å²) in [6.45, 7) is 4.35. The highest BCUT2D eigenvalue weighted by Gasteiger charge is 2.34. The van der Waals surface area contributed by atoms with Crippen molar-refractivity contribution < 1.29 is 17.9 Å². The van der Waals surface area contributed by atoms with E-state index in [9.17, 15) is 13.2 Å². The second-order valence-electron chi connectivity index (χ2n) is 7.98. The number of fused-ring (bicyclic) bond motifs is 4. The summed E-state index contributed by atoms with van der Waals surface area (Å²) in [6, 6.07) is 5.00. The lowest BCUT2D eigenvalue weighted by molar-refractivity contribution is 0.277. The maximum absolute atomic E-state index is 14.7. The molecule has 0 saturated heterocycles. The SMILES string of the molecule is CCOc1ccc2c(c1F)-c1c-2cc(CCC2CCC(C)CC2)c(F)c1F. The number of hydrogen-bond donors (Lipinski definition) is 0. The fraction of sp³-hybridized carbons (Fsp3) is 0.478.